The molecule has 0 spiro atoms. The predicted molar refractivity (Wildman–Crippen MR) is 236 cm³/mol. The van der Waals surface area contributed by atoms with Crippen LogP contribution in [0.3, 0.4) is 0 Å². The van der Waals surface area contributed by atoms with Gasteiger partial charge in [-0.2, -0.15) is 0 Å². The second-order valence-corrected chi connectivity index (χ2v) is 15.8. The van der Waals surface area contributed by atoms with Gasteiger partial charge in [-0.3, -0.25) is 0 Å². The van der Waals surface area contributed by atoms with Crippen molar-refractivity contribution in [3.63, 3.8) is 0 Å². The van der Waals surface area contributed by atoms with Crippen LogP contribution in [0.4, 0.5) is 0 Å². The lowest BCUT2D eigenvalue weighted by molar-refractivity contribution is 1.01. The molecule has 4 nitrogen and oxygen atoms in total. The van der Waals surface area contributed by atoms with Crippen LogP contribution < -0.4 is 0 Å². The van der Waals surface area contributed by atoms with Gasteiger partial charge in [-0.1, -0.05) is 164 Å². The van der Waals surface area contributed by atoms with Crippen LogP contribution in [0.15, 0.2) is 188 Å². The highest BCUT2D eigenvalue weighted by molar-refractivity contribution is 7.25. The third-order valence-corrected chi connectivity index (χ3v) is 12.6. The standard InChI is InChI=1S/C52H32N4S/c1-4-14-32(15-5-1)47-41-22-11-10-20-37(41)42-28-29-43-38-21-12-13-23-44(38)56(49(43)48(42)47)36-25-27-40-39-26-24-35(30-45(39)57-46(40)31-36)52-54-50(33-16-6-2-7-17-33)53-51(55-52)34-18-8-3-9-19-34/h1-31,47H. The maximum absolute atomic E-state index is 5.02. The summed E-state index contributed by atoms with van der Waals surface area (Å²) in [5.74, 6) is 2.12. The lowest BCUT2D eigenvalue weighted by atomic mass is 9.88. The van der Waals surface area contributed by atoms with E-state index >= 15 is 0 Å². The number of fused-ring (bicyclic) bond motifs is 10. The molecule has 0 radical (unpaired) electrons. The fraction of sp³-hybridized carbons (Fsp3) is 0.0192. The number of para-hydroxylation sites is 1. The Labute approximate surface area is 333 Å². The number of hydrogen-bond acceptors (Lipinski definition) is 4. The van der Waals surface area contributed by atoms with Crippen LogP contribution in [0.25, 0.3) is 93.0 Å². The molecule has 0 bridgehead atoms. The third-order valence-electron chi connectivity index (χ3n) is 11.5. The number of nitrogens with zero attached hydrogens (tertiary/aromatic N) is 4. The van der Waals surface area contributed by atoms with Crippen LogP contribution in [0.5, 0.6) is 0 Å². The fourth-order valence-electron chi connectivity index (χ4n) is 9.00. The van der Waals surface area contributed by atoms with Gasteiger partial charge in [0.1, 0.15) is 0 Å². The Bertz CT molecular complexity index is 3290. The van der Waals surface area contributed by atoms with Gasteiger partial charge < -0.3 is 4.57 Å². The molecule has 266 valence electrons. The Balaban J connectivity index is 1.04. The monoisotopic (exact) mass is 744 g/mol. The normalized spacial score (nSPS) is 13.4. The van der Waals surface area contributed by atoms with E-state index in [0.717, 1.165) is 22.4 Å². The molecule has 0 amide bonds. The van der Waals surface area contributed by atoms with E-state index in [1.165, 1.54) is 69.8 Å². The molecule has 0 N–H and O–H groups in total. The van der Waals surface area contributed by atoms with Gasteiger partial charge in [0.05, 0.1) is 11.0 Å². The third kappa shape index (κ3) is 5.03. The summed E-state index contributed by atoms with van der Waals surface area (Å²) in [6, 6.07) is 67.4. The average Bonchev–Trinajstić information content (AvgIpc) is 3.94. The molecule has 3 heterocycles. The van der Waals surface area contributed by atoms with Crippen molar-refractivity contribution in [1.82, 2.24) is 19.5 Å². The van der Waals surface area contributed by atoms with Crippen LogP contribution in [0.2, 0.25) is 0 Å². The van der Waals surface area contributed by atoms with Gasteiger partial charge in [-0.25, -0.2) is 15.0 Å². The molecule has 0 aliphatic heterocycles. The first-order chi connectivity index (χ1) is 28.3. The van der Waals surface area contributed by atoms with Crippen molar-refractivity contribution in [3.05, 3.63) is 205 Å². The van der Waals surface area contributed by atoms with Crippen LogP contribution in [-0.4, -0.2) is 19.5 Å². The smallest absolute Gasteiger partial charge is 0.164 e. The van der Waals surface area contributed by atoms with E-state index in [0.29, 0.717) is 17.5 Å². The summed E-state index contributed by atoms with van der Waals surface area (Å²) >= 11 is 1.82. The second-order valence-electron chi connectivity index (χ2n) is 14.7. The van der Waals surface area contributed by atoms with E-state index in [1.54, 1.807) is 0 Å². The highest BCUT2D eigenvalue weighted by Gasteiger charge is 2.33. The minimum absolute atomic E-state index is 0.135. The van der Waals surface area contributed by atoms with E-state index in [9.17, 15) is 0 Å². The lowest BCUT2D eigenvalue weighted by Gasteiger charge is -2.18. The molecule has 3 aromatic heterocycles. The molecule has 1 atom stereocenters. The molecule has 1 unspecified atom stereocenters. The quantitative estimate of drug-likeness (QED) is 0.176. The SMILES string of the molecule is c1ccc(-c2nc(-c3ccccc3)nc(-c3ccc4c(c3)sc3cc(-n5c6ccccc6c6ccc7c(c65)C(c5ccccc5)c5ccccc5-7)ccc34)n2)cc1. The Kier molecular flexibility index (Phi) is 7.13. The molecular weight excluding hydrogens is 713 g/mol. The molecular formula is C52H32N4S. The number of benzene rings is 8. The average molecular weight is 745 g/mol. The molecule has 12 rings (SSSR count). The summed E-state index contributed by atoms with van der Waals surface area (Å²) in [5.41, 5.74) is 13.2. The summed E-state index contributed by atoms with van der Waals surface area (Å²) in [6.45, 7) is 0. The van der Waals surface area contributed by atoms with Crippen molar-refractivity contribution in [2.24, 2.45) is 0 Å². The van der Waals surface area contributed by atoms with E-state index in [4.69, 9.17) is 15.0 Å². The number of thiophene rings is 1. The van der Waals surface area contributed by atoms with Crippen molar-refractivity contribution in [2.45, 2.75) is 5.92 Å². The maximum Gasteiger partial charge on any atom is 0.164 e. The zero-order valence-corrected chi connectivity index (χ0v) is 31.5. The minimum atomic E-state index is 0.135. The zero-order valence-electron chi connectivity index (χ0n) is 30.7. The first-order valence-corrected chi connectivity index (χ1v) is 20.1. The summed E-state index contributed by atoms with van der Waals surface area (Å²) < 4.78 is 4.96. The van der Waals surface area contributed by atoms with Gasteiger partial charge in [-0.15, -0.1) is 11.3 Å². The number of rotatable bonds is 5. The van der Waals surface area contributed by atoms with Gasteiger partial charge in [0, 0.05) is 59.2 Å². The first-order valence-electron chi connectivity index (χ1n) is 19.3. The molecule has 5 heteroatoms. The largest absolute Gasteiger partial charge is 0.309 e. The lowest BCUT2D eigenvalue weighted by Crippen LogP contribution is -2.03. The second kappa shape index (κ2) is 12.7. The Hall–Kier alpha value is -7.21. The molecule has 0 fully saturated rings. The Morgan fingerprint density at radius 3 is 1.74 bits per heavy atom. The molecule has 0 saturated carbocycles. The maximum atomic E-state index is 5.02. The minimum Gasteiger partial charge on any atom is -0.309 e. The highest BCUT2D eigenvalue weighted by atomic mass is 32.1. The molecule has 57 heavy (non-hydrogen) atoms. The number of hydrogen-bond donors (Lipinski definition) is 0. The predicted octanol–water partition coefficient (Wildman–Crippen LogP) is 13.5. The van der Waals surface area contributed by atoms with Gasteiger partial charge in [0.2, 0.25) is 0 Å². The Morgan fingerprint density at radius 1 is 0.421 bits per heavy atom. The molecule has 1 aliphatic carbocycles. The summed E-state index contributed by atoms with van der Waals surface area (Å²) in [4.78, 5) is 14.9. The van der Waals surface area contributed by atoms with E-state index in [1.807, 2.05) is 72.0 Å². The van der Waals surface area contributed by atoms with Crippen molar-refractivity contribution in [1.29, 1.82) is 0 Å². The number of aromatic nitrogens is 4. The van der Waals surface area contributed by atoms with Crippen LogP contribution >= 0.6 is 11.3 Å². The van der Waals surface area contributed by atoms with Gasteiger partial charge in [0.25, 0.3) is 0 Å². The van der Waals surface area contributed by atoms with E-state index in [-0.39, 0.29) is 5.92 Å². The fourth-order valence-corrected chi connectivity index (χ4v) is 10.2. The van der Waals surface area contributed by atoms with E-state index < -0.39 is 0 Å². The summed E-state index contributed by atoms with van der Waals surface area (Å²) in [6.07, 6.45) is 0. The van der Waals surface area contributed by atoms with Crippen molar-refractivity contribution >= 4 is 53.3 Å². The topological polar surface area (TPSA) is 43.6 Å². The summed E-state index contributed by atoms with van der Waals surface area (Å²) in [5, 5.41) is 5.02. The van der Waals surface area contributed by atoms with E-state index in [2.05, 4.69) is 132 Å². The first kappa shape index (κ1) is 32.1. The summed E-state index contributed by atoms with van der Waals surface area (Å²) in [7, 11) is 0. The van der Waals surface area contributed by atoms with Crippen LogP contribution in [0, 0.1) is 0 Å². The van der Waals surface area contributed by atoms with Crippen molar-refractivity contribution in [2.75, 3.05) is 0 Å². The van der Waals surface area contributed by atoms with Crippen molar-refractivity contribution < 1.29 is 0 Å². The molecule has 11 aromatic rings. The van der Waals surface area contributed by atoms with Crippen molar-refractivity contribution in [3.8, 4) is 51.0 Å². The molecule has 1 aliphatic rings. The van der Waals surface area contributed by atoms with Crippen LogP contribution in [-0.2, 0) is 0 Å². The zero-order chi connectivity index (χ0) is 37.5. The molecule has 8 aromatic carbocycles. The van der Waals surface area contributed by atoms with Crippen LogP contribution in [0.1, 0.15) is 22.6 Å². The Morgan fingerprint density at radius 2 is 1.00 bits per heavy atom. The molecule has 0 saturated heterocycles. The van der Waals surface area contributed by atoms with Gasteiger partial charge >= 0.3 is 0 Å². The van der Waals surface area contributed by atoms with Gasteiger partial charge in [-0.05, 0) is 52.1 Å². The highest BCUT2D eigenvalue weighted by Crippen LogP contribution is 2.52. The van der Waals surface area contributed by atoms with Gasteiger partial charge in [0.15, 0.2) is 17.5 Å².